The number of sulfonamides is 2. The summed E-state index contributed by atoms with van der Waals surface area (Å²) in [6.07, 6.45) is 1.67. The number of para-hydroxylation sites is 2. The molecule has 11 heteroatoms. The van der Waals surface area contributed by atoms with Crippen LogP contribution in [0, 0.1) is 0 Å². The van der Waals surface area contributed by atoms with Crippen molar-refractivity contribution in [1.82, 2.24) is 4.31 Å². The fourth-order valence-electron chi connectivity index (χ4n) is 3.95. The lowest BCUT2D eigenvalue weighted by Crippen LogP contribution is -2.49. The third kappa shape index (κ3) is 4.85. The maximum absolute atomic E-state index is 12.9. The van der Waals surface area contributed by atoms with Gasteiger partial charge in [0.1, 0.15) is 5.75 Å². The van der Waals surface area contributed by atoms with Crippen LogP contribution in [0.3, 0.4) is 0 Å². The summed E-state index contributed by atoms with van der Waals surface area (Å²) in [5.41, 5.74) is 0.792. The van der Waals surface area contributed by atoms with Crippen molar-refractivity contribution < 1.29 is 26.4 Å². The van der Waals surface area contributed by atoms with Crippen LogP contribution in [0.15, 0.2) is 53.4 Å². The first-order valence-corrected chi connectivity index (χ1v) is 13.9. The van der Waals surface area contributed by atoms with Crippen LogP contribution in [0.2, 0.25) is 0 Å². The van der Waals surface area contributed by atoms with E-state index in [2.05, 4.69) is 5.32 Å². The summed E-state index contributed by atoms with van der Waals surface area (Å²) in [4.78, 5) is 13.1. The van der Waals surface area contributed by atoms with Crippen molar-refractivity contribution in [2.75, 3.05) is 35.0 Å². The van der Waals surface area contributed by atoms with Gasteiger partial charge in [0.25, 0.3) is 5.91 Å². The molecule has 0 radical (unpaired) electrons. The Morgan fingerprint density at radius 3 is 2.33 bits per heavy atom. The lowest BCUT2D eigenvalue weighted by atomic mass is 10.2. The SMILES string of the molecule is CCS(=O)(=O)N1C[C@H](C(=O)Nc2ccc(S(=O)(=O)N3CCCCC3)cc2)Oc2ccccc21. The second-order valence-corrected chi connectivity index (χ2v) is 12.1. The van der Waals surface area contributed by atoms with E-state index in [0.29, 0.717) is 30.2 Å². The van der Waals surface area contributed by atoms with Crippen molar-refractivity contribution >= 4 is 37.3 Å². The largest absolute Gasteiger partial charge is 0.476 e. The summed E-state index contributed by atoms with van der Waals surface area (Å²) in [5.74, 6) is -0.320. The first-order chi connectivity index (χ1) is 15.7. The van der Waals surface area contributed by atoms with Gasteiger partial charge in [0.05, 0.1) is 22.9 Å². The highest BCUT2D eigenvalue weighted by Crippen LogP contribution is 2.35. The maximum atomic E-state index is 12.9. The van der Waals surface area contributed by atoms with Crippen LogP contribution in [0.5, 0.6) is 5.75 Å². The molecule has 2 aliphatic heterocycles. The van der Waals surface area contributed by atoms with Crippen LogP contribution >= 0.6 is 0 Å². The molecule has 2 aromatic carbocycles. The van der Waals surface area contributed by atoms with Gasteiger partial charge >= 0.3 is 0 Å². The van der Waals surface area contributed by atoms with Crippen LogP contribution < -0.4 is 14.4 Å². The van der Waals surface area contributed by atoms with E-state index in [9.17, 15) is 21.6 Å². The quantitative estimate of drug-likeness (QED) is 0.661. The predicted octanol–water partition coefficient (Wildman–Crippen LogP) is 2.42. The smallest absolute Gasteiger partial charge is 0.267 e. The zero-order valence-corrected chi connectivity index (χ0v) is 19.9. The monoisotopic (exact) mass is 493 g/mol. The van der Waals surface area contributed by atoms with Gasteiger partial charge in [-0.05, 0) is 56.2 Å². The molecule has 9 nitrogen and oxygen atoms in total. The van der Waals surface area contributed by atoms with Crippen molar-refractivity contribution in [3.63, 3.8) is 0 Å². The Hall–Kier alpha value is -2.63. The van der Waals surface area contributed by atoms with Crippen LogP contribution in [0.1, 0.15) is 26.2 Å². The van der Waals surface area contributed by atoms with Crippen molar-refractivity contribution in [1.29, 1.82) is 0 Å². The standard InChI is InChI=1S/C22H27N3O6S2/c1-2-32(27,28)25-16-21(31-20-9-5-4-8-19(20)25)22(26)23-17-10-12-18(13-11-17)33(29,30)24-14-6-3-7-15-24/h4-5,8-13,21H,2-3,6-7,14-16H2,1H3,(H,23,26)/t21-/m1/s1. The number of nitrogens with one attached hydrogen (secondary N) is 1. The minimum Gasteiger partial charge on any atom is -0.476 e. The normalized spacial score (nSPS) is 19.4. The molecule has 1 atom stereocenters. The van der Waals surface area contributed by atoms with Gasteiger partial charge in [-0.1, -0.05) is 18.6 Å². The first kappa shape index (κ1) is 23.5. The lowest BCUT2D eigenvalue weighted by molar-refractivity contribution is -0.122. The number of piperidine rings is 1. The number of benzene rings is 2. The van der Waals surface area contributed by atoms with Crippen LogP contribution in [0.4, 0.5) is 11.4 Å². The first-order valence-electron chi connectivity index (χ1n) is 10.9. The molecule has 1 saturated heterocycles. The minimum atomic E-state index is -3.60. The number of hydrogen-bond donors (Lipinski definition) is 1. The molecular formula is C22H27N3O6S2. The Morgan fingerprint density at radius 2 is 1.67 bits per heavy atom. The molecule has 178 valence electrons. The molecule has 0 spiro atoms. The molecule has 4 rings (SSSR count). The highest BCUT2D eigenvalue weighted by atomic mass is 32.2. The van der Waals surface area contributed by atoms with Crippen molar-refractivity contribution in [3.8, 4) is 5.75 Å². The topological polar surface area (TPSA) is 113 Å². The molecule has 0 bridgehead atoms. The third-order valence-corrected chi connectivity index (χ3v) is 9.46. The van der Waals surface area contributed by atoms with E-state index in [1.807, 2.05) is 0 Å². The number of hydrogen-bond acceptors (Lipinski definition) is 6. The Morgan fingerprint density at radius 1 is 1.00 bits per heavy atom. The number of carbonyl (C=O) groups is 1. The molecule has 33 heavy (non-hydrogen) atoms. The molecule has 0 unspecified atom stereocenters. The van der Waals surface area contributed by atoms with E-state index in [-0.39, 0.29) is 17.2 Å². The van der Waals surface area contributed by atoms with Gasteiger partial charge in [0, 0.05) is 18.8 Å². The molecule has 0 saturated carbocycles. The summed E-state index contributed by atoms with van der Waals surface area (Å²) >= 11 is 0. The molecule has 0 aromatic heterocycles. The minimum absolute atomic E-state index is 0.109. The highest BCUT2D eigenvalue weighted by Gasteiger charge is 2.36. The number of nitrogens with zero attached hydrogens (tertiary/aromatic N) is 2. The number of anilines is 2. The Kier molecular flexibility index (Phi) is 6.64. The van der Waals surface area contributed by atoms with Crippen LogP contribution in [0.25, 0.3) is 0 Å². The molecule has 1 amide bonds. The maximum Gasteiger partial charge on any atom is 0.267 e. The lowest BCUT2D eigenvalue weighted by Gasteiger charge is -2.34. The van der Waals surface area contributed by atoms with Crippen LogP contribution in [-0.4, -0.2) is 58.5 Å². The van der Waals surface area contributed by atoms with Gasteiger partial charge < -0.3 is 10.1 Å². The number of carbonyl (C=O) groups excluding carboxylic acids is 1. The summed E-state index contributed by atoms with van der Waals surface area (Å²) in [5, 5.41) is 2.70. The highest BCUT2D eigenvalue weighted by molar-refractivity contribution is 7.92. The van der Waals surface area contributed by atoms with Gasteiger partial charge in [-0.3, -0.25) is 9.10 Å². The van der Waals surface area contributed by atoms with Crippen LogP contribution in [-0.2, 0) is 24.8 Å². The number of amides is 1. The van der Waals surface area contributed by atoms with Crippen molar-refractivity contribution in [2.24, 2.45) is 0 Å². The number of rotatable bonds is 6. The van der Waals surface area contributed by atoms with Gasteiger partial charge in [0.15, 0.2) is 6.10 Å². The van der Waals surface area contributed by atoms with E-state index in [1.54, 1.807) is 31.2 Å². The second-order valence-electron chi connectivity index (χ2n) is 7.98. The van der Waals surface area contributed by atoms with Crippen molar-refractivity contribution in [2.45, 2.75) is 37.2 Å². The fraction of sp³-hybridized carbons (Fsp3) is 0.409. The van der Waals surface area contributed by atoms with Gasteiger partial charge in [0.2, 0.25) is 20.0 Å². The fourth-order valence-corrected chi connectivity index (χ4v) is 6.59. The van der Waals surface area contributed by atoms with Gasteiger partial charge in [-0.2, -0.15) is 4.31 Å². The van der Waals surface area contributed by atoms with E-state index in [4.69, 9.17) is 4.74 Å². The summed E-state index contributed by atoms with van der Waals surface area (Å²) in [7, 11) is -7.17. The zero-order valence-electron chi connectivity index (χ0n) is 18.3. The molecule has 2 heterocycles. The Labute approximate surface area is 194 Å². The summed E-state index contributed by atoms with van der Waals surface area (Å²) in [6.45, 7) is 2.42. The zero-order chi connectivity index (χ0) is 23.6. The number of ether oxygens (including phenoxy) is 1. The molecule has 1 N–H and O–H groups in total. The number of fused-ring (bicyclic) bond motifs is 1. The molecule has 0 aliphatic carbocycles. The van der Waals surface area contributed by atoms with E-state index >= 15 is 0 Å². The average Bonchev–Trinajstić information content (AvgIpc) is 2.84. The van der Waals surface area contributed by atoms with Gasteiger partial charge in [-0.15, -0.1) is 0 Å². The van der Waals surface area contributed by atoms with E-state index < -0.39 is 32.1 Å². The summed E-state index contributed by atoms with van der Waals surface area (Å²) in [6, 6.07) is 12.6. The summed E-state index contributed by atoms with van der Waals surface area (Å²) < 4.78 is 59.2. The van der Waals surface area contributed by atoms with E-state index in [1.165, 1.54) is 32.9 Å². The third-order valence-electron chi connectivity index (χ3n) is 5.80. The van der Waals surface area contributed by atoms with E-state index in [0.717, 1.165) is 19.3 Å². The van der Waals surface area contributed by atoms with Gasteiger partial charge in [-0.25, -0.2) is 16.8 Å². The molecule has 2 aliphatic rings. The second kappa shape index (κ2) is 9.32. The molecular weight excluding hydrogens is 466 g/mol. The molecule has 1 fully saturated rings. The predicted molar refractivity (Wildman–Crippen MR) is 125 cm³/mol. The molecule has 2 aromatic rings. The average molecular weight is 494 g/mol. The Balaban J connectivity index is 1.49. The van der Waals surface area contributed by atoms with Crippen molar-refractivity contribution in [3.05, 3.63) is 48.5 Å². The Bertz CT molecular complexity index is 1220.